The van der Waals surface area contributed by atoms with Crippen molar-refractivity contribution in [3.8, 4) is 39.9 Å². The summed E-state index contributed by atoms with van der Waals surface area (Å²) in [7, 11) is 6.79. The summed E-state index contributed by atoms with van der Waals surface area (Å²) < 4.78 is 127. The second kappa shape index (κ2) is 40.3. The van der Waals surface area contributed by atoms with E-state index in [1.54, 1.807) is 43.6 Å². The van der Waals surface area contributed by atoms with Gasteiger partial charge in [-0.15, -0.1) is 0 Å². The van der Waals surface area contributed by atoms with E-state index in [2.05, 4.69) is 107 Å². The number of halogens is 11. The number of carbonyl (C=O) groups excluding carboxylic acids is 3. The molecule has 0 aliphatic carbocycles. The summed E-state index contributed by atoms with van der Waals surface area (Å²) in [5.41, 5.74) is 6.36. The van der Waals surface area contributed by atoms with E-state index in [-0.39, 0.29) is 79.2 Å². The van der Waals surface area contributed by atoms with Crippen LogP contribution in [0.1, 0.15) is 82.0 Å². The number of ether oxygens (including phenoxy) is 9. The van der Waals surface area contributed by atoms with Crippen molar-refractivity contribution in [2.75, 3.05) is 142 Å². The first-order valence-corrected chi connectivity index (χ1v) is 44.0. The monoisotopic (exact) mass is 2050 g/mol. The Morgan fingerprint density at radius 3 is 1.17 bits per heavy atom. The van der Waals surface area contributed by atoms with Crippen LogP contribution in [0.2, 0.25) is 0 Å². The van der Waals surface area contributed by atoms with E-state index in [0.717, 1.165) is 126 Å². The van der Waals surface area contributed by atoms with Crippen molar-refractivity contribution in [3.05, 3.63) is 199 Å². The second-order valence-electron chi connectivity index (χ2n) is 33.3. The quantitative estimate of drug-likeness (QED) is 0.0205. The first-order chi connectivity index (χ1) is 61.5. The van der Waals surface area contributed by atoms with Crippen LogP contribution >= 0.6 is 82.6 Å². The van der Waals surface area contributed by atoms with Crippen LogP contribution < -0.4 is 53.2 Å². The number of H-pyrrole nitrogens is 5. The minimum atomic E-state index is -2.03. The molecular weight excluding hydrogens is 1970 g/mol. The molecule has 0 saturated carbocycles. The number of esters is 2. The molecule has 3 spiro atoms. The molecule has 41 heteroatoms. The summed E-state index contributed by atoms with van der Waals surface area (Å²) in [5, 5.41) is 12.5. The Bertz CT molecular complexity index is 6360. The van der Waals surface area contributed by atoms with Crippen LogP contribution in [-0.2, 0) is 37.7 Å². The maximum Gasteiger partial charge on any atom is 1.00 e. The fourth-order valence-corrected chi connectivity index (χ4v) is 17.3. The first-order valence-electron chi connectivity index (χ1n) is 40.5. The smallest absolute Gasteiger partial charge is 0.870 e. The molecule has 16 heterocycles. The topological polar surface area (TPSA) is 347 Å². The van der Waals surface area contributed by atoms with Crippen LogP contribution in [0.5, 0.6) is 17.6 Å². The molecule has 0 atom stereocenters. The minimum Gasteiger partial charge on any atom is -0.870 e. The molecule has 0 unspecified atom stereocenters. The van der Waals surface area contributed by atoms with E-state index in [0.29, 0.717) is 103 Å². The number of pyridine rings is 3. The number of nitrogens with zero attached hydrogens (tertiary/aromatic N) is 6. The Morgan fingerprint density at radius 1 is 0.450 bits per heavy atom. The average Bonchev–Trinajstić information content (AvgIpc) is 1.48. The van der Waals surface area contributed by atoms with Gasteiger partial charge in [-0.25, -0.2) is 36.3 Å². The normalized spacial score (nSPS) is 16.9. The number of anilines is 3. The van der Waals surface area contributed by atoms with Gasteiger partial charge in [0, 0.05) is 171 Å². The molecule has 8 saturated heterocycles. The number of hydrogen-bond donors (Lipinski definition) is 6. The number of aromatic nitrogens is 8. The number of benzene rings is 5. The van der Waals surface area contributed by atoms with Gasteiger partial charge in [0.2, 0.25) is 23.4 Å². The van der Waals surface area contributed by atoms with Gasteiger partial charge in [0.25, 0.3) is 3.79 Å². The van der Waals surface area contributed by atoms with E-state index < -0.39 is 52.1 Å². The number of carboxylic acid groups (broad SMARTS) is 1. The third kappa shape index (κ3) is 20.7. The number of methoxy groups -OCH3 is 5. The summed E-state index contributed by atoms with van der Waals surface area (Å²) >= 11 is 25.8. The van der Waals surface area contributed by atoms with Gasteiger partial charge in [0.1, 0.15) is 46.5 Å². The predicted octanol–water partition coefficient (Wildman–Crippen LogP) is 15.3. The summed E-state index contributed by atoms with van der Waals surface area (Å²) in [6.45, 7) is 20.6. The molecule has 8 fully saturated rings. The molecule has 8 aromatic heterocycles. The van der Waals surface area contributed by atoms with E-state index in [4.69, 9.17) is 82.0 Å². The van der Waals surface area contributed by atoms with Gasteiger partial charge in [0.15, 0.2) is 0 Å². The number of aromatic carboxylic acids is 1. The Kier molecular flexibility index (Phi) is 30.5. The molecule has 21 rings (SSSR count). The standard InChI is InChI=1S/C21H20FN3O4.C20H18FN3O4.C17H25BN2O4.C10H4BrCl3FNO.C10H7BrFNO2.C8H5BrFN.C4H8O.Li.H2O/c1-27-19-12(3-4-18(24-19)25-8-21(9-25)10-29-11-21)13-5-14-15(20(26)28-2)7-23-17(14)6-16(13)22;1-27-18-11(2-3-17(23-18)24-7-20(8-24)9-28-10-20)12-4-13-14(19(25)26)6-22-16(13)5-15(12)21;1-15(2)16(3,4)24-18(23-15)12-6-7-13(19-14(12)21-5)20-8-17(9-20)10-22-11-17;11-6-1-4-5(9(17)10(12,13)14)3-16-8(4)2-7(6)15;1-15-10(14)6-4-13-9-3-8(12)7(11)2-5(6)9;9-6-3-5-1-2-11-8(5)4-7(6)10;1-2-4-5-3-1;;/h3-7,23H,8-11H2,1-2H3;2-6,22H,7-10H2,1H3,(H,25,26);6-7H,8-11H2,1-5H3;1-3,16H;2-4,13H,1H3;1-4,11H;1-4H2;;1H2/q;;;;;;;+1;/p-1. The molecule has 686 valence electrons. The van der Waals surface area contributed by atoms with Crippen LogP contribution in [0.25, 0.3) is 76.8 Å². The number of nitrogens with one attached hydrogen (secondary N) is 5. The number of fused-ring (bicyclic) bond motifs is 5. The SMILES string of the molecule is C1CCOC1.COC(=O)c1c[nH]c2cc(F)c(-c3ccc(N4CC5(COC5)C4)nc3OC)cc12.COC(=O)c1c[nH]c2cc(F)c(Br)cc12.COc1nc(N2CC3(COC3)C2)ccc1-c1cc2c(C(=O)O)c[nH]c2cc1F.COc1nc(N2CC3(COC3)C2)ccc1B1OC(C)(C)C(C)(C)O1.Fc1cc2[nH]ccc2cc1Br.O=C(c1c[nH]c2cc(F)c(Br)cc12)C(Cl)(Cl)Cl.[Li+].[OH-]. The Hall–Kier alpha value is -9.53. The van der Waals surface area contributed by atoms with Crippen molar-refractivity contribution < 1.29 is 123 Å². The van der Waals surface area contributed by atoms with Gasteiger partial charge < -0.3 is 102 Å². The van der Waals surface area contributed by atoms with Crippen LogP contribution in [0, 0.1) is 45.3 Å². The van der Waals surface area contributed by atoms with E-state index in [1.807, 2.05) is 58.0 Å². The number of aromatic amines is 5. The van der Waals surface area contributed by atoms with Gasteiger partial charge in [0.05, 0.1) is 133 Å². The van der Waals surface area contributed by atoms with Crippen LogP contribution in [0.15, 0.2) is 148 Å². The summed E-state index contributed by atoms with van der Waals surface area (Å²) in [4.78, 5) is 81.1. The maximum absolute atomic E-state index is 14.9. The van der Waals surface area contributed by atoms with Gasteiger partial charge in [-0.3, -0.25) is 4.79 Å². The number of Topliss-reactive ketones (excluding diaryl/α,β-unsaturated/α-hetero) is 1. The molecular formula is C90H88BBr3Cl3F5LiN11O17. The number of carboxylic acids is 1. The largest absolute Gasteiger partial charge is 1.00 e. The van der Waals surface area contributed by atoms with Crippen molar-refractivity contribution in [1.29, 1.82) is 0 Å². The molecule has 5 aromatic carbocycles. The van der Waals surface area contributed by atoms with Crippen LogP contribution in [0.3, 0.4) is 0 Å². The van der Waals surface area contributed by atoms with Gasteiger partial charge >= 0.3 is 43.9 Å². The van der Waals surface area contributed by atoms with E-state index >= 15 is 0 Å². The molecule has 8 aliphatic rings. The zero-order valence-electron chi connectivity index (χ0n) is 72.5. The number of hydrogen-bond acceptors (Lipinski definition) is 22. The summed E-state index contributed by atoms with van der Waals surface area (Å²) in [6.07, 6.45) is 10.1. The molecule has 131 heavy (non-hydrogen) atoms. The first kappa shape index (κ1) is 99.0. The second-order valence-corrected chi connectivity index (χ2v) is 38.2. The van der Waals surface area contributed by atoms with Crippen molar-refractivity contribution in [1.82, 2.24) is 39.9 Å². The zero-order valence-corrected chi connectivity index (χ0v) is 79.5. The van der Waals surface area contributed by atoms with Gasteiger partial charge in [-0.1, -0.05) is 40.9 Å². The third-order valence-corrected chi connectivity index (χ3v) is 26.1. The van der Waals surface area contributed by atoms with Crippen molar-refractivity contribution in [2.45, 2.75) is 55.5 Å². The third-order valence-electron chi connectivity index (χ3n) is 23.8. The molecule has 0 bridgehead atoms. The van der Waals surface area contributed by atoms with Gasteiger partial charge in [-0.2, -0.15) is 15.0 Å². The number of rotatable bonds is 13. The Labute approximate surface area is 800 Å². The number of carbonyl (C=O) groups is 4. The average molecular weight is 2050 g/mol. The fraction of sp³-hybridized carbons (Fsp3) is 0.344. The summed E-state index contributed by atoms with van der Waals surface area (Å²) in [5.74, 6) is -0.922. The summed E-state index contributed by atoms with van der Waals surface area (Å²) in [6, 6.07) is 27.8. The van der Waals surface area contributed by atoms with E-state index in [1.165, 1.54) is 109 Å². The Balaban J connectivity index is 0.000000135. The van der Waals surface area contributed by atoms with Gasteiger partial charge in [-0.05, 0) is 185 Å². The predicted molar refractivity (Wildman–Crippen MR) is 493 cm³/mol. The molecule has 28 nitrogen and oxygen atoms in total. The minimum absolute atomic E-state index is 0. The maximum atomic E-state index is 14.9. The molecule has 0 radical (unpaired) electrons. The van der Waals surface area contributed by atoms with Crippen molar-refractivity contribution >= 4 is 191 Å². The number of alkyl halides is 3. The van der Waals surface area contributed by atoms with Crippen molar-refractivity contribution in [2.24, 2.45) is 16.2 Å². The molecule has 8 aliphatic heterocycles. The zero-order chi connectivity index (χ0) is 92.0. The number of ketones is 1. The fourth-order valence-electron chi connectivity index (χ4n) is 15.9. The van der Waals surface area contributed by atoms with E-state index in [9.17, 15) is 46.2 Å². The molecule has 13 aromatic rings. The van der Waals surface area contributed by atoms with Crippen molar-refractivity contribution in [3.63, 3.8) is 0 Å². The molecule has 0 amide bonds. The van der Waals surface area contributed by atoms with Crippen LogP contribution in [-0.4, -0.2) is 224 Å². The van der Waals surface area contributed by atoms with Crippen LogP contribution in [0.4, 0.5) is 39.4 Å². The molecule has 7 N–H and O–H groups in total. The Morgan fingerprint density at radius 2 is 0.802 bits per heavy atom.